The molecule has 1 aliphatic rings. The molecular formula is C16H16O4. The molecule has 0 bridgehead atoms. The second-order valence-corrected chi connectivity index (χ2v) is 4.90. The fourth-order valence-electron chi connectivity index (χ4n) is 2.56. The van der Waals surface area contributed by atoms with E-state index in [1.165, 1.54) is 0 Å². The van der Waals surface area contributed by atoms with Gasteiger partial charge in [-0.05, 0) is 19.1 Å². The third-order valence-corrected chi connectivity index (χ3v) is 3.64. The molecule has 0 amide bonds. The predicted octanol–water partition coefficient (Wildman–Crippen LogP) is 3.09. The zero-order valence-corrected chi connectivity index (χ0v) is 11.4. The fourth-order valence-corrected chi connectivity index (χ4v) is 2.56. The van der Waals surface area contributed by atoms with Gasteiger partial charge in [0.25, 0.3) is 0 Å². The normalized spacial score (nSPS) is 16.6. The van der Waals surface area contributed by atoms with Crippen LogP contribution in [-0.2, 0) is 6.42 Å². The third kappa shape index (κ3) is 1.89. The van der Waals surface area contributed by atoms with Gasteiger partial charge in [0.1, 0.15) is 11.5 Å². The molecule has 0 saturated carbocycles. The number of aliphatic hydroxyl groups is 1. The van der Waals surface area contributed by atoms with Crippen LogP contribution in [0, 0.1) is 6.92 Å². The van der Waals surface area contributed by atoms with Crippen molar-refractivity contribution in [1.82, 2.24) is 0 Å². The highest BCUT2D eigenvalue weighted by Gasteiger charge is 2.26. The standard InChI is InChI=1S/C16H16O4/c1-9-12(17)7-10-8-13(18)11-5-3-4-6-14(11)20-16(10)15(9)19-2/h3-7,13,17-18H,8H2,1-2H3. The number of aliphatic hydroxyl groups excluding tert-OH is 1. The number of phenols is 1. The maximum Gasteiger partial charge on any atom is 0.173 e. The van der Waals surface area contributed by atoms with Crippen molar-refractivity contribution in [2.24, 2.45) is 0 Å². The van der Waals surface area contributed by atoms with Crippen LogP contribution in [-0.4, -0.2) is 17.3 Å². The van der Waals surface area contributed by atoms with E-state index in [4.69, 9.17) is 9.47 Å². The topological polar surface area (TPSA) is 58.9 Å². The number of phenolic OH excluding ortho intramolecular Hbond substituents is 1. The first kappa shape index (κ1) is 12.8. The minimum absolute atomic E-state index is 0.141. The Morgan fingerprint density at radius 1 is 1.30 bits per heavy atom. The van der Waals surface area contributed by atoms with E-state index in [2.05, 4.69) is 0 Å². The van der Waals surface area contributed by atoms with E-state index < -0.39 is 6.10 Å². The summed E-state index contributed by atoms with van der Waals surface area (Å²) in [6.45, 7) is 1.77. The Balaban J connectivity index is 2.22. The van der Waals surface area contributed by atoms with Crippen molar-refractivity contribution in [2.45, 2.75) is 19.4 Å². The van der Waals surface area contributed by atoms with Crippen molar-refractivity contribution in [3.05, 3.63) is 47.0 Å². The summed E-state index contributed by atoms with van der Waals surface area (Å²) in [4.78, 5) is 0. The Hall–Kier alpha value is -2.20. The molecule has 1 atom stereocenters. The Morgan fingerprint density at radius 2 is 2.05 bits per heavy atom. The number of rotatable bonds is 1. The molecule has 0 spiro atoms. The summed E-state index contributed by atoms with van der Waals surface area (Å²) in [5, 5.41) is 20.3. The van der Waals surface area contributed by atoms with Gasteiger partial charge in [0.2, 0.25) is 0 Å². The van der Waals surface area contributed by atoms with Gasteiger partial charge in [0, 0.05) is 23.1 Å². The first-order chi connectivity index (χ1) is 9.61. The Kier molecular flexibility index (Phi) is 3.03. The number of benzene rings is 2. The fraction of sp³-hybridized carbons (Fsp3) is 0.250. The summed E-state index contributed by atoms with van der Waals surface area (Å²) in [6, 6.07) is 9.00. The van der Waals surface area contributed by atoms with Gasteiger partial charge in [0.15, 0.2) is 11.5 Å². The number of fused-ring (bicyclic) bond motifs is 2. The molecule has 20 heavy (non-hydrogen) atoms. The van der Waals surface area contributed by atoms with E-state index in [9.17, 15) is 10.2 Å². The zero-order chi connectivity index (χ0) is 14.3. The van der Waals surface area contributed by atoms with Crippen molar-refractivity contribution >= 4 is 0 Å². The summed E-state index contributed by atoms with van der Waals surface area (Å²) in [5.41, 5.74) is 2.09. The highest BCUT2D eigenvalue weighted by Crippen LogP contribution is 2.46. The minimum Gasteiger partial charge on any atom is -0.508 e. The van der Waals surface area contributed by atoms with Crippen LogP contribution in [0.2, 0.25) is 0 Å². The number of hydrogen-bond acceptors (Lipinski definition) is 4. The lowest BCUT2D eigenvalue weighted by Gasteiger charge is -2.15. The number of hydrogen-bond donors (Lipinski definition) is 2. The molecule has 2 N–H and O–H groups in total. The first-order valence-electron chi connectivity index (χ1n) is 6.46. The molecule has 0 fully saturated rings. The van der Waals surface area contributed by atoms with Crippen LogP contribution in [0.3, 0.4) is 0 Å². The highest BCUT2D eigenvalue weighted by atomic mass is 16.5. The van der Waals surface area contributed by atoms with Crippen LogP contribution in [0.15, 0.2) is 30.3 Å². The van der Waals surface area contributed by atoms with Gasteiger partial charge in [0.05, 0.1) is 13.2 Å². The summed E-state index contributed by atoms with van der Waals surface area (Å²) < 4.78 is 11.3. The summed E-state index contributed by atoms with van der Waals surface area (Å²) >= 11 is 0. The smallest absolute Gasteiger partial charge is 0.173 e. The van der Waals surface area contributed by atoms with Gasteiger partial charge in [-0.2, -0.15) is 0 Å². The molecule has 0 aromatic heterocycles. The van der Waals surface area contributed by atoms with E-state index in [-0.39, 0.29) is 5.75 Å². The molecule has 0 aliphatic carbocycles. The predicted molar refractivity (Wildman–Crippen MR) is 74.6 cm³/mol. The van der Waals surface area contributed by atoms with E-state index in [1.54, 1.807) is 20.1 Å². The largest absolute Gasteiger partial charge is 0.508 e. The van der Waals surface area contributed by atoms with Gasteiger partial charge < -0.3 is 19.7 Å². The second-order valence-electron chi connectivity index (χ2n) is 4.90. The van der Waals surface area contributed by atoms with E-state index >= 15 is 0 Å². The Labute approximate surface area is 117 Å². The van der Waals surface area contributed by atoms with Crippen molar-refractivity contribution in [3.8, 4) is 23.0 Å². The molecule has 2 aromatic rings. The van der Waals surface area contributed by atoms with Gasteiger partial charge in [-0.25, -0.2) is 0 Å². The molecule has 2 aromatic carbocycles. The number of para-hydroxylation sites is 1. The van der Waals surface area contributed by atoms with Gasteiger partial charge in [-0.15, -0.1) is 0 Å². The lowest BCUT2D eigenvalue weighted by atomic mass is 10.00. The highest BCUT2D eigenvalue weighted by molar-refractivity contribution is 5.60. The van der Waals surface area contributed by atoms with Crippen molar-refractivity contribution in [3.63, 3.8) is 0 Å². The van der Waals surface area contributed by atoms with Crippen LogP contribution < -0.4 is 9.47 Å². The monoisotopic (exact) mass is 272 g/mol. The van der Waals surface area contributed by atoms with Crippen LogP contribution in [0.1, 0.15) is 22.8 Å². The lowest BCUT2D eigenvalue weighted by Crippen LogP contribution is -2.00. The summed E-state index contributed by atoms with van der Waals surface area (Å²) in [6.07, 6.45) is -0.296. The average molecular weight is 272 g/mol. The summed E-state index contributed by atoms with van der Waals surface area (Å²) in [7, 11) is 1.54. The molecule has 0 radical (unpaired) electrons. The van der Waals surface area contributed by atoms with E-state index in [0.717, 1.165) is 11.1 Å². The zero-order valence-electron chi connectivity index (χ0n) is 11.4. The maximum atomic E-state index is 10.3. The van der Waals surface area contributed by atoms with Gasteiger partial charge in [-0.3, -0.25) is 0 Å². The maximum absolute atomic E-state index is 10.3. The average Bonchev–Trinajstić information content (AvgIpc) is 2.57. The summed E-state index contributed by atoms with van der Waals surface area (Å²) in [5.74, 6) is 1.82. The van der Waals surface area contributed by atoms with Gasteiger partial charge >= 0.3 is 0 Å². The number of aromatic hydroxyl groups is 1. The molecule has 1 unspecified atom stereocenters. The first-order valence-corrected chi connectivity index (χ1v) is 6.46. The van der Waals surface area contributed by atoms with Crippen LogP contribution in [0.5, 0.6) is 23.0 Å². The molecule has 1 heterocycles. The quantitative estimate of drug-likeness (QED) is 0.837. The molecule has 3 rings (SSSR count). The lowest BCUT2D eigenvalue weighted by molar-refractivity contribution is 0.178. The van der Waals surface area contributed by atoms with Crippen molar-refractivity contribution < 1.29 is 19.7 Å². The van der Waals surface area contributed by atoms with E-state index in [1.807, 2.05) is 24.3 Å². The third-order valence-electron chi connectivity index (χ3n) is 3.64. The SMILES string of the molecule is COc1c(C)c(O)cc2c1Oc1ccccc1C(O)C2. The Morgan fingerprint density at radius 3 is 2.80 bits per heavy atom. The Bertz CT molecular complexity index is 664. The van der Waals surface area contributed by atoms with E-state index in [0.29, 0.717) is 29.2 Å². The van der Waals surface area contributed by atoms with Gasteiger partial charge in [-0.1, -0.05) is 18.2 Å². The van der Waals surface area contributed by atoms with Crippen LogP contribution in [0.4, 0.5) is 0 Å². The molecule has 1 aliphatic heterocycles. The molecule has 104 valence electrons. The molecule has 4 nitrogen and oxygen atoms in total. The van der Waals surface area contributed by atoms with Crippen LogP contribution >= 0.6 is 0 Å². The molecule has 0 saturated heterocycles. The van der Waals surface area contributed by atoms with Crippen LogP contribution in [0.25, 0.3) is 0 Å². The number of methoxy groups -OCH3 is 1. The minimum atomic E-state index is -0.667. The number of ether oxygens (including phenoxy) is 2. The molecule has 4 heteroatoms. The second kappa shape index (κ2) is 4.72. The molecular weight excluding hydrogens is 256 g/mol. The van der Waals surface area contributed by atoms with Crippen molar-refractivity contribution in [1.29, 1.82) is 0 Å². The van der Waals surface area contributed by atoms with Crippen molar-refractivity contribution in [2.75, 3.05) is 7.11 Å².